The number of pyridine rings is 1. The molecular weight excluding hydrogens is 924 g/mol. The SMILES string of the molecule is CC[C@H](C)C(C(CC(=O)N1CCC(C(OC)C(C)C(=O)NC(C)C(O)c2ccccc2)C1)OC)N(C)C(=O)[C@@H](NC(=O)C(C(C)C)N(C)P(=O)(O)OC(CCc1ccccn1)C(=O)NN=[N+]=[N-])C(C)C. The summed E-state index contributed by atoms with van der Waals surface area (Å²) in [5.41, 5.74) is 12.0. The van der Waals surface area contributed by atoms with E-state index in [1.807, 2.05) is 37.5 Å². The average molecular weight is 1000 g/mol. The van der Waals surface area contributed by atoms with Gasteiger partial charge in [-0.3, -0.25) is 28.7 Å². The van der Waals surface area contributed by atoms with Gasteiger partial charge in [0.25, 0.3) is 0 Å². The highest BCUT2D eigenvalue weighted by Gasteiger charge is 2.45. The third kappa shape index (κ3) is 16.3. The van der Waals surface area contributed by atoms with Gasteiger partial charge in [0.05, 0.1) is 42.7 Å². The van der Waals surface area contributed by atoms with Crippen molar-refractivity contribution in [2.75, 3.05) is 41.4 Å². The van der Waals surface area contributed by atoms with Crippen LogP contribution < -0.4 is 16.1 Å². The van der Waals surface area contributed by atoms with Crippen molar-refractivity contribution in [1.82, 2.24) is 35.5 Å². The normalized spacial score (nSPS) is 19.0. The lowest BCUT2D eigenvalue weighted by molar-refractivity contribution is -0.146. The summed E-state index contributed by atoms with van der Waals surface area (Å²) in [6.45, 7) is 15.0. The first-order valence-corrected chi connectivity index (χ1v) is 25.5. The van der Waals surface area contributed by atoms with E-state index >= 15 is 0 Å². The number of amides is 5. The van der Waals surface area contributed by atoms with Gasteiger partial charge in [-0.15, -0.1) is 5.53 Å². The Morgan fingerprint density at radius 1 is 0.943 bits per heavy atom. The lowest BCUT2D eigenvalue weighted by Gasteiger charge is -2.40. The van der Waals surface area contributed by atoms with Gasteiger partial charge < -0.3 is 39.9 Å². The number of carbonyl (C=O) groups excluding carboxylic acids is 5. The van der Waals surface area contributed by atoms with Crippen molar-refractivity contribution in [3.63, 3.8) is 0 Å². The molecule has 0 bridgehead atoms. The maximum absolute atomic E-state index is 14.6. The molecule has 0 spiro atoms. The largest absolute Gasteiger partial charge is 0.406 e. The van der Waals surface area contributed by atoms with E-state index in [0.717, 1.165) is 4.67 Å². The van der Waals surface area contributed by atoms with E-state index in [-0.39, 0.29) is 42.9 Å². The van der Waals surface area contributed by atoms with Crippen LogP contribution in [0.2, 0.25) is 0 Å². The number of ether oxygens (including phenoxy) is 2. The highest BCUT2D eigenvalue weighted by atomic mass is 31.2. The van der Waals surface area contributed by atoms with E-state index in [0.29, 0.717) is 37.2 Å². The van der Waals surface area contributed by atoms with E-state index in [1.165, 1.54) is 19.1 Å². The lowest BCUT2D eigenvalue weighted by atomic mass is 9.89. The number of likely N-dealkylation sites (tertiary alicyclic amines) is 1. The molecule has 22 heteroatoms. The van der Waals surface area contributed by atoms with Crippen LogP contribution in [0, 0.1) is 29.6 Å². The van der Waals surface area contributed by atoms with Crippen molar-refractivity contribution in [2.45, 2.75) is 136 Å². The fourth-order valence-corrected chi connectivity index (χ4v) is 10.5. The molecule has 1 aliphatic heterocycles. The second kappa shape index (κ2) is 28.2. The summed E-state index contributed by atoms with van der Waals surface area (Å²) in [5, 5.41) is 19.7. The molecule has 10 unspecified atom stereocenters. The first-order valence-electron chi connectivity index (χ1n) is 24.0. The maximum Gasteiger partial charge on any atom is 0.406 e. The number of aromatic nitrogens is 1. The van der Waals surface area contributed by atoms with Gasteiger partial charge in [0.2, 0.25) is 23.6 Å². The standard InChI is InChI=1S/C48H77N10O11P/c1-13-31(6)42(38(67-11)27-39(59)58-26-24-35(28-58)44(68-12)32(7)45(61)51-33(8)43(60)34-19-15-14-16-20-34)56(9)48(64)40(29(2)3)52-47(63)41(30(4)5)57(10)70(65,66)69-37(46(62)53-55-54-49)23-22-36-21-17-18-25-50-36/h14-21,25,29-33,35,37-38,40-44,60H,13,22-24,26-28H2,1-12H3,(H,51,61)(H,52,63)(H,53,62)(H,65,66)/t31-,32?,33?,35?,37?,38?,40-,41?,42?,43?,44?/m0/s1. The Hall–Kier alpha value is -4.98. The molecule has 5 N–H and O–H groups in total. The topological polar surface area (TPSA) is 278 Å². The molecule has 1 aromatic carbocycles. The van der Waals surface area contributed by atoms with Crippen molar-refractivity contribution in [3.05, 3.63) is 76.4 Å². The van der Waals surface area contributed by atoms with E-state index < -0.39 is 91.8 Å². The lowest BCUT2D eigenvalue weighted by Crippen LogP contribution is -2.59. The number of hydrogen-bond acceptors (Lipinski definition) is 12. The zero-order valence-corrected chi connectivity index (χ0v) is 43.7. The van der Waals surface area contributed by atoms with Gasteiger partial charge in [-0.05, 0) is 73.9 Å². The third-order valence-corrected chi connectivity index (χ3v) is 14.9. The number of rotatable bonds is 28. The van der Waals surface area contributed by atoms with E-state index in [1.54, 1.807) is 97.1 Å². The Kier molecular flexibility index (Phi) is 23.9. The molecule has 0 aliphatic carbocycles. The average Bonchev–Trinajstić information content (AvgIpc) is 3.83. The predicted octanol–water partition coefficient (Wildman–Crippen LogP) is 4.95. The molecule has 1 fully saturated rings. The minimum atomic E-state index is -4.96. The van der Waals surface area contributed by atoms with Gasteiger partial charge in [-0.25, -0.2) is 9.36 Å². The van der Waals surface area contributed by atoms with Gasteiger partial charge in [-0.2, -0.15) is 15.0 Å². The molecule has 0 saturated carbocycles. The molecule has 70 heavy (non-hydrogen) atoms. The number of azide groups is 1. The first-order chi connectivity index (χ1) is 33.0. The highest BCUT2D eigenvalue weighted by Crippen LogP contribution is 2.49. The molecule has 390 valence electrons. The number of carbonyl (C=O) groups is 5. The van der Waals surface area contributed by atoms with Crippen LogP contribution in [-0.4, -0.2) is 143 Å². The zero-order valence-electron chi connectivity index (χ0n) is 42.8. The Balaban J connectivity index is 1.75. The second-order valence-electron chi connectivity index (χ2n) is 18.9. The smallest absolute Gasteiger partial charge is 0.386 e. The summed E-state index contributed by atoms with van der Waals surface area (Å²) in [6.07, 6.45) is -1.04. The fourth-order valence-electron chi connectivity index (χ4n) is 9.11. The summed E-state index contributed by atoms with van der Waals surface area (Å²) in [5.74, 6) is -4.66. The van der Waals surface area contributed by atoms with Gasteiger partial charge >= 0.3 is 13.7 Å². The minimum absolute atomic E-state index is 0.0626. The first kappa shape index (κ1) is 59.3. The van der Waals surface area contributed by atoms with Crippen LogP contribution in [0.4, 0.5) is 0 Å². The van der Waals surface area contributed by atoms with E-state index in [2.05, 4.69) is 25.8 Å². The summed E-state index contributed by atoms with van der Waals surface area (Å²) < 4.78 is 32.2. The minimum Gasteiger partial charge on any atom is -0.386 e. The summed E-state index contributed by atoms with van der Waals surface area (Å²) >= 11 is 0. The zero-order chi connectivity index (χ0) is 52.5. The van der Waals surface area contributed by atoms with Crippen LogP contribution in [0.25, 0.3) is 10.4 Å². The quantitative estimate of drug-likeness (QED) is 0.0248. The van der Waals surface area contributed by atoms with Crippen LogP contribution in [0.1, 0.15) is 98.4 Å². The Morgan fingerprint density at radius 2 is 1.60 bits per heavy atom. The van der Waals surface area contributed by atoms with Crippen LogP contribution in [0.5, 0.6) is 0 Å². The van der Waals surface area contributed by atoms with Crippen molar-refractivity contribution < 1.29 is 52.5 Å². The van der Waals surface area contributed by atoms with Crippen LogP contribution in [-0.2, 0) is 49.0 Å². The molecule has 0 radical (unpaired) electrons. The fraction of sp³-hybridized carbons (Fsp3) is 0.667. The summed E-state index contributed by atoms with van der Waals surface area (Å²) in [6, 6.07) is 10.6. The van der Waals surface area contributed by atoms with E-state index in [4.69, 9.17) is 19.5 Å². The molecule has 1 saturated heterocycles. The highest BCUT2D eigenvalue weighted by molar-refractivity contribution is 7.50. The van der Waals surface area contributed by atoms with Gasteiger partial charge in [0.1, 0.15) is 12.1 Å². The number of aryl methyl sites for hydroxylation is 1. The molecule has 12 atom stereocenters. The third-order valence-electron chi connectivity index (χ3n) is 13.4. The summed E-state index contributed by atoms with van der Waals surface area (Å²) in [4.78, 5) is 90.7. The Morgan fingerprint density at radius 3 is 2.16 bits per heavy atom. The van der Waals surface area contributed by atoms with Crippen LogP contribution in [0.3, 0.4) is 0 Å². The molecular formula is C48H77N10O11P. The van der Waals surface area contributed by atoms with Crippen molar-refractivity contribution in [3.8, 4) is 0 Å². The molecule has 1 aromatic heterocycles. The Bertz CT molecular complexity index is 2100. The Labute approximate surface area is 412 Å². The van der Waals surface area contributed by atoms with Crippen LogP contribution in [0.15, 0.2) is 60.0 Å². The molecule has 1 aliphatic rings. The molecule has 3 rings (SSSR count). The molecule has 5 amide bonds. The van der Waals surface area contributed by atoms with Gasteiger partial charge in [-0.1, -0.05) is 91.3 Å². The monoisotopic (exact) mass is 1000 g/mol. The molecule has 21 nitrogen and oxygen atoms in total. The van der Waals surface area contributed by atoms with Crippen molar-refractivity contribution >= 4 is 37.3 Å². The predicted molar refractivity (Wildman–Crippen MR) is 263 cm³/mol. The second-order valence-corrected chi connectivity index (χ2v) is 20.8. The summed E-state index contributed by atoms with van der Waals surface area (Å²) in [7, 11) is 0.881. The molecule has 2 heterocycles. The number of hydrogen-bond donors (Lipinski definition) is 5. The maximum atomic E-state index is 14.6. The number of likely N-dealkylation sites (N-methyl/N-ethyl adjacent to an activating group) is 2. The number of aliphatic hydroxyl groups is 1. The van der Waals surface area contributed by atoms with Crippen molar-refractivity contribution in [1.29, 1.82) is 0 Å². The van der Waals surface area contributed by atoms with Gasteiger partial charge in [0.15, 0.2) is 6.10 Å². The van der Waals surface area contributed by atoms with Gasteiger partial charge in [0, 0.05) is 52.2 Å². The number of benzene rings is 1. The number of methoxy groups -OCH3 is 2. The number of nitrogens with zero attached hydrogens (tertiary/aromatic N) is 7. The number of nitrogens with one attached hydrogen (secondary N) is 3. The van der Waals surface area contributed by atoms with Crippen molar-refractivity contribution in [2.24, 2.45) is 34.8 Å². The van der Waals surface area contributed by atoms with E-state index in [9.17, 15) is 38.5 Å². The molecule has 2 aromatic rings. The number of aliphatic hydroxyl groups excluding tert-OH is 1. The van der Waals surface area contributed by atoms with Crippen LogP contribution >= 0.6 is 7.75 Å².